The lowest BCUT2D eigenvalue weighted by atomic mass is 9.88. The molecule has 3 aromatic rings. The molecule has 0 aliphatic carbocycles. The Labute approximate surface area is 134 Å². The van der Waals surface area contributed by atoms with E-state index in [4.69, 9.17) is 4.98 Å². The number of hydrogen-bond donors (Lipinski definition) is 0. The summed E-state index contributed by atoms with van der Waals surface area (Å²) in [5.41, 5.74) is 5.90. The van der Waals surface area contributed by atoms with Gasteiger partial charge in [-0.15, -0.1) is 9.24 Å². The molecule has 3 heteroatoms. The molecule has 0 radical (unpaired) electrons. The minimum Gasteiger partial charge on any atom is -0.254 e. The van der Waals surface area contributed by atoms with Crippen LogP contribution in [0.4, 0.5) is 0 Å². The Morgan fingerprint density at radius 3 is 2.41 bits per heavy atom. The van der Waals surface area contributed by atoms with Gasteiger partial charge in [0, 0.05) is 22.7 Å². The summed E-state index contributed by atoms with van der Waals surface area (Å²) >= 11 is 0. The standard InChI is InChI=1S/C19H23N2P/c1-10(2)14-9-13-7-6-8-20-17(13)18-16(14)15(11(3)4)19(22)12(5)21-18/h6-11H,22H2,1-5H3. The fourth-order valence-electron chi connectivity index (χ4n) is 3.23. The van der Waals surface area contributed by atoms with Crippen molar-refractivity contribution in [1.29, 1.82) is 0 Å². The van der Waals surface area contributed by atoms with Gasteiger partial charge in [-0.25, -0.2) is 0 Å². The van der Waals surface area contributed by atoms with Crippen LogP contribution in [-0.4, -0.2) is 9.97 Å². The van der Waals surface area contributed by atoms with Crippen molar-refractivity contribution in [1.82, 2.24) is 9.97 Å². The Morgan fingerprint density at radius 2 is 1.77 bits per heavy atom. The molecule has 1 unspecified atom stereocenters. The number of hydrogen-bond acceptors (Lipinski definition) is 2. The van der Waals surface area contributed by atoms with Gasteiger partial charge in [-0.3, -0.25) is 9.97 Å². The summed E-state index contributed by atoms with van der Waals surface area (Å²) in [6.07, 6.45) is 1.86. The van der Waals surface area contributed by atoms with Gasteiger partial charge in [0.2, 0.25) is 0 Å². The van der Waals surface area contributed by atoms with E-state index in [9.17, 15) is 0 Å². The predicted octanol–water partition coefficient (Wildman–Crippen LogP) is 4.84. The van der Waals surface area contributed by atoms with Gasteiger partial charge < -0.3 is 0 Å². The second-order valence-corrected chi connectivity index (χ2v) is 7.18. The van der Waals surface area contributed by atoms with Crippen LogP contribution in [0.1, 0.15) is 56.4 Å². The van der Waals surface area contributed by atoms with Crippen LogP contribution in [0, 0.1) is 6.92 Å². The molecule has 0 bridgehead atoms. The monoisotopic (exact) mass is 310 g/mol. The van der Waals surface area contributed by atoms with E-state index in [1.165, 1.54) is 27.2 Å². The van der Waals surface area contributed by atoms with Crippen molar-refractivity contribution in [2.75, 3.05) is 0 Å². The lowest BCUT2D eigenvalue weighted by molar-refractivity contribution is 0.856. The van der Waals surface area contributed by atoms with Gasteiger partial charge in [0.15, 0.2) is 0 Å². The first kappa shape index (κ1) is 15.4. The van der Waals surface area contributed by atoms with E-state index in [1.807, 2.05) is 12.3 Å². The molecule has 0 fully saturated rings. The van der Waals surface area contributed by atoms with E-state index in [2.05, 4.69) is 61.0 Å². The topological polar surface area (TPSA) is 25.8 Å². The minimum atomic E-state index is 0.454. The van der Waals surface area contributed by atoms with Crippen molar-refractivity contribution >= 4 is 36.4 Å². The summed E-state index contributed by atoms with van der Waals surface area (Å²) in [7, 11) is 2.90. The highest BCUT2D eigenvalue weighted by Gasteiger charge is 2.19. The number of fused-ring (bicyclic) bond motifs is 3. The van der Waals surface area contributed by atoms with Crippen molar-refractivity contribution in [3.63, 3.8) is 0 Å². The maximum atomic E-state index is 4.91. The van der Waals surface area contributed by atoms with Gasteiger partial charge in [-0.05, 0) is 47.3 Å². The molecule has 2 heterocycles. The Morgan fingerprint density at radius 1 is 1.05 bits per heavy atom. The molecule has 1 aromatic carbocycles. The van der Waals surface area contributed by atoms with E-state index in [0.717, 1.165) is 16.7 Å². The first-order valence-electron chi connectivity index (χ1n) is 7.89. The third kappa shape index (κ3) is 2.30. The zero-order valence-corrected chi connectivity index (χ0v) is 15.1. The van der Waals surface area contributed by atoms with Gasteiger partial charge in [0.05, 0.1) is 11.0 Å². The lowest BCUT2D eigenvalue weighted by Gasteiger charge is -2.21. The number of nitrogens with zero attached hydrogens (tertiary/aromatic N) is 2. The molecule has 0 aliphatic heterocycles. The zero-order valence-electron chi connectivity index (χ0n) is 13.9. The fraction of sp³-hybridized carbons (Fsp3) is 0.368. The molecule has 0 saturated heterocycles. The number of pyridine rings is 2. The summed E-state index contributed by atoms with van der Waals surface area (Å²) in [4.78, 5) is 9.52. The number of aryl methyl sites for hydroxylation is 1. The molecule has 2 aromatic heterocycles. The Balaban J connectivity index is 2.63. The number of aromatic nitrogens is 2. The minimum absolute atomic E-state index is 0.454. The van der Waals surface area contributed by atoms with Gasteiger partial charge in [0.1, 0.15) is 0 Å². The second-order valence-electron chi connectivity index (χ2n) is 6.60. The van der Waals surface area contributed by atoms with E-state index in [-0.39, 0.29) is 0 Å². The van der Waals surface area contributed by atoms with E-state index in [0.29, 0.717) is 11.8 Å². The molecule has 0 spiro atoms. The first-order chi connectivity index (χ1) is 10.4. The van der Waals surface area contributed by atoms with Crippen LogP contribution in [0.3, 0.4) is 0 Å². The molecular formula is C19H23N2P. The quantitative estimate of drug-likeness (QED) is 0.500. The van der Waals surface area contributed by atoms with Crippen LogP contribution < -0.4 is 5.30 Å². The third-order valence-electron chi connectivity index (χ3n) is 4.33. The van der Waals surface area contributed by atoms with Crippen LogP contribution >= 0.6 is 9.24 Å². The predicted molar refractivity (Wildman–Crippen MR) is 99.3 cm³/mol. The van der Waals surface area contributed by atoms with Crippen LogP contribution in [0.15, 0.2) is 24.4 Å². The average molecular weight is 310 g/mol. The van der Waals surface area contributed by atoms with E-state index in [1.54, 1.807) is 0 Å². The summed E-state index contributed by atoms with van der Waals surface area (Å²) in [6, 6.07) is 6.43. The highest BCUT2D eigenvalue weighted by atomic mass is 31.0. The van der Waals surface area contributed by atoms with Crippen molar-refractivity contribution in [2.45, 2.75) is 46.5 Å². The summed E-state index contributed by atoms with van der Waals surface area (Å²) < 4.78 is 0. The zero-order chi connectivity index (χ0) is 16.0. The smallest absolute Gasteiger partial charge is 0.0973 e. The largest absolute Gasteiger partial charge is 0.254 e. The fourth-order valence-corrected chi connectivity index (χ4v) is 3.77. The summed E-state index contributed by atoms with van der Waals surface area (Å²) in [5.74, 6) is 0.911. The Kier molecular flexibility index (Phi) is 3.91. The SMILES string of the molecule is Cc1nc2c(c(C(C)C)cc3cccnc32)c(C(C)C)c1P. The Bertz CT molecular complexity index is 866. The molecule has 1 atom stereocenters. The average Bonchev–Trinajstić information content (AvgIpc) is 2.47. The molecule has 0 aliphatic rings. The van der Waals surface area contributed by atoms with E-state index >= 15 is 0 Å². The number of benzene rings is 1. The molecule has 0 amide bonds. The summed E-state index contributed by atoms with van der Waals surface area (Å²) in [5, 5.41) is 3.71. The Hall–Kier alpha value is -1.53. The van der Waals surface area contributed by atoms with Crippen molar-refractivity contribution < 1.29 is 0 Å². The second kappa shape index (κ2) is 5.59. The van der Waals surface area contributed by atoms with Crippen molar-refractivity contribution in [2.24, 2.45) is 0 Å². The summed E-state index contributed by atoms with van der Waals surface area (Å²) in [6.45, 7) is 11.1. The highest BCUT2D eigenvalue weighted by Crippen LogP contribution is 2.35. The van der Waals surface area contributed by atoms with E-state index < -0.39 is 0 Å². The van der Waals surface area contributed by atoms with Crippen LogP contribution in [-0.2, 0) is 0 Å². The van der Waals surface area contributed by atoms with Gasteiger partial charge >= 0.3 is 0 Å². The first-order valence-corrected chi connectivity index (χ1v) is 8.46. The normalized spacial score (nSPS) is 12.0. The van der Waals surface area contributed by atoms with Gasteiger partial charge in [-0.1, -0.05) is 33.8 Å². The molecular weight excluding hydrogens is 287 g/mol. The molecule has 0 saturated carbocycles. The third-order valence-corrected chi connectivity index (χ3v) is 5.06. The van der Waals surface area contributed by atoms with Gasteiger partial charge in [-0.2, -0.15) is 0 Å². The molecule has 0 N–H and O–H groups in total. The van der Waals surface area contributed by atoms with Crippen LogP contribution in [0.25, 0.3) is 21.8 Å². The maximum absolute atomic E-state index is 4.91. The highest BCUT2D eigenvalue weighted by molar-refractivity contribution is 7.27. The van der Waals surface area contributed by atoms with Gasteiger partial charge in [0.25, 0.3) is 0 Å². The van der Waals surface area contributed by atoms with Crippen molar-refractivity contribution in [3.05, 3.63) is 41.2 Å². The van der Waals surface area contributed by atoms with Crippen LogP contribution in [0.2, 0.25) is 0 Å². The lowest BCUT2D eigenvalue weighted by Crippen LogP contribution is -2.13. The van der Waals surface area contributed by atoms with Crippen molar-refractivity contribution in [3.8, 4) is 0 Å². The molecule has 114 valence electrons. The molecule has 3 rings (SSSR count). The molecule has 22 heavy (non-hydrogen) atoms. The molecule has 2 nitrogen and oxygen atoms in total. The van der Waals surface area contributed by atoms with Crippen LogP contribution in [0.5, 0.6) is 0 Å². The number of rotatable bonds is 2. The maximum Gasteiger partial charge on any atom is 0.0973 e.